The standard InChI is InChI=1S/C15H17N3O2/c1-2-10-16-15(20)13-8-9-14(19)18(17-13)11-12-6-4-3-5-7-12/h3-9H,2,10-11H2,1H3,(H,16,20). The maximum absolute atomic E-state index is 11.8. The summed E-state index contributed by atoms with van der Waals surface area (Å²) in [5.74, 6) is -0.256. The van der Waals surface area contributed by atoms with Gasteiger partial charge in [0.2, 0.25) is 0 Å². The molecule has 104 valence electrons. The van der Waals surface area contributed by atoms with Gasteiger partial charge in [-0.2, -0.15) is 5.10 Å². The van der Waals surface area contributed by atoms with Gasteiger partial charge in [0.1, 0.15) is 5.69 Å². The number of rotatable bonds is 5. The number of amides is 1. The second-order valence-corrected chi connectivity index (χ2v) is 4.46. The third-order valence-corrected chi connectivity index (χ3v) is 2.81. The maximum Gasteiger partial charge on any atom is 0.271 e. The predicted molar refractivity (Wildman–Crippen MR) is 76.7 cm³/mol. The van der Waals surface area contributed by atoms with E-state index in [2.05, 4.69) is 10.4 Å². The highest BCUT2D eigenvalue weighted by atomic mass is 16.2. The third-order valence-electron chi connectivity index (χ3n) is 2.81. The number of hydrogen-bond acceptors (Lipinski definition) is 3. The van der Waals surface area contributed by atoms with E-state index in [0.29, 0.717) is 13.1 Å². The van der Waals surface area contributed by atoms with Gasteiger partial charge in [-0.3, -0.25) is 9.59 Å². The Morgan fingerprint density at radius 2 is 1.95 bits per heavy atom. The van der Waals surface area contributed by atoms with E-state index >= 15 is 0 Å². The molecule has 0 unspecified atom stereocenters. The second kappa shape index (κ2) is 6.65. The quantitative estimate of drug-likeness (QED) is 0.894. The van der Waals surface area contributed by atoms with Gasteiger partial charge >= 0.3 is 0 Å². The average Bonchev–Trinajstić information content (AvgIpc) is 2.48. The van der Waals surface area contributed by atoms with Crippen LogP contribution in [-0.2, 0) is 6.54 Å². The predicted octanol–water partition coefficient (Wildman–Crippen LogP) is 1.43. The Hall–Kier alpha value is -2.43. The molecule has 2 aromatic rings. The molecule has 0 bridgehead atoms. The molecule has 0 aliphatic heterocycles. The van der Waals surface area contributed by atoms with Gasteiger partial charge in [-0.15, -0.1) is 0 Å². The fourth-order valence-electron chi connectivity index (χ4n) is 1.77. The van der Waals surface area contributed by atoms with Crippen molar-refractivity contribution >= 4 is 5.91 Å². The molecule has 0 aliphatic carbocycles. The van der Waals surface area contributed by atoms with E-state index < -0.39 is 0 Å². The molecule has 0 fully saturated rings. The first-order valence-electron chi connectivity index (χ1n) is 6.61. The number of aromatic nitrogens is 2. The Kier molecular flexibility index (Phi) is 4.65. The van der Waals surface area contributed by atoms with E-state index in [0.717, 1.165) is 12.0 Å². The van der Waals surface area contributed by atoms with Crippen LogP contribution >= 0.6 is 0 Å². The van der Waals surface area contributed by atoms with Crippen LogP contribution in [0.2, 0.25) is 0 Å². The SMILES string of the molecule is CCCNC(=O)c1ccc(=O)n(Cc2ccccc2)n1. The average molecular weight is 271 g/mol. The fourth-order valence-corrected chi connectivity index (χ4v) is 1.77. The molecule has 1 amide bonds. The van der Waals surface area contributed by atoms with Gasteiger partial charge < -0.3 is 5.32 Å². The van der Waals surface area contributed by atoms with Gasteiger partial charge in [0.05, 0.1) is 6.54 Å². The molecule has 1 aromatic heterocycles. The lowest BCUT2D eigenvalue weighted by atomic mass is 10.2. The van der Waals surface area contributed by atoms with E-state index in [1.807, 2.05) is 37.3 Å². The molecule has 1 N–H and O–H groups in total. The summed E-state index contributed by atoms with van der Waals surface area (Å²) in [5, 5.41) is 6.85. The van der Waals surface area contributed by atoms with Crippen LogP contribution in [0.1, 0.15) is 29.4 Å². The van der Waals surface area contributed by atoms with Crippen molar-refractivity contribution in [1.82, 2.24) is 15.1 Å². The van der Waals surface area contributed by atoms with Crippen LogP contribution in [0, 0.1) is 0 Å². The summed E-state index contributed by atoms with van der Waals surface area (Å²) in [6, 6.07) is 12.4. The number of carbonyl (C=O) groups excluding carboxylic acids is 1. The summed E-state index contributed by atoms with van der Waals surface area (Å²) in [7, 11) is 0. The molecule has 0 atom stereocenters. The second-order valence-electron chi connectivity index (χ2n) is 4.46. The minimum absolute atomic E-state index is 0.221. The fraction of sp³-hybridized carbons (Fsp3) is 0.267. The highest BCUT2D eigenvalue weighted by Crippen LogP contribution is 2.00. The molecule has 0 saturated heterocycles. The van der Waals surface area contributed by atoms with E-state index in [1.165, 1.54) is 16.8 Å². The van der Waals surface area contributed by atoms with Crippen LogP contribution < -0.4 is 10.9 Å². The maximum atomic E-state index is 11.8. The van der Waals surface area contributed by atoms with Crippen molar-refractivity contribution in [2.75, 3.05) is 6.54 Å². The van der Waals surface area contributed by atoms with Crippen molar-refractivity contribution in [1.29, 1.82) is 0 Å². The van der Waals surface area contributed by atoms with Gasteiger partial charge in [-0.05, 0) is 18.1 Å². The molecule has 1 heterocycles. The molecular weight excluding hydrogens is 254 g/mol. The van der Waals surface area contributed by atoms with Crippen LogP contribution in [0.3, 0.4) is 0 Å². The van der Waals surface area contributed by atoms with Gasteiger partial charge in [0.25, 0.3) is 11.5 Å². The van der Waals surface area contributed by atoms with Crippen LogP contribution in [0.4, 0.5) is 0 Å². The van der Waals surface area contributed by atoms with Crippen molar-refractivity contribution in [3.05, 3.63) is 64.1 Å². The zero-order chi connectivity index (χ0) is 14.4. The molecule has 0 radical (unpaired) electrons. The molecule has 0 aliphatic rings. The lowest BCUT2D eigenvalue weighted by Crippen LogP contribution is -2.30. The summed E-state index contributed by atoms with van der Waals surface area (Å²) in [6.07, 6.45) is 0.857. The van der Waals surface area contributed by atoms with Crippen LogP contribution in [0.25, 0.3) is 0 Å². The summed E-state index contributed by atoms with van der Waals surface area (Å²) < 4.78 is 1.30. The smallest absolute Gasteiger partial charge is 0.271 e. The van der Waals surface area contributed by atoms with Gasteiger partial charge in [-0.1, -0.05) is 37.3 Å². The first kappa shape index (κ1) is 14.0. The van der Waals surface area contributed by atoms with Gasteiger partial charge in [0.15, 0.2) is 0 Å². The van der Waals surface area contributed by atoms with E-state index in [1.54, 1.807) is 0 Å². The first-order valence-corrected chi connectivity index (χ1v) is 6.61. The van der Waals surface area contributed by atoms with Crippen molar-refractivity contribution < 1.29 is 4.79 Å². The Balaban J connectivity index is 2.21. The molecule has 5 heteroatoms. The first-order chi connectivity index (χ1) is 9.70. The van der Waals surface area contributed by atoms with Crippen LogP contribution in [0.5, 0.6) is 0 Å². The molecule has 0 spiro atoms. The molecule has 5 nitrogen and oxygen atoms in total. The Morgan fingerprint density at radius 3 is 2.65 bits per heavy atom. The van der Waals surface area contributed by atoms with Gasteiger partial charge in [0, 0.05) is 12.6 Å². The summed E-state index contributed by atoms with van der Waals surface area (Å²) >= 11 is 0. The lowest BCUT2D eigenvalue weighted by molar-refractivity contribution is 0.0946. The van der Waals surface area contributed by atoms with Crippen molar-refractivity contribution in [3.8, 4) is 0 Å². The zero-order valence-electron chi connectivity index (χ0n) is 11.4. The highest BCUT2D eigenvalue weighted by molar-refractivity contribution is 5.91. The Labute approximate surface area is 117 Å². The summed E-state index contributed by atoms with van der Waals surface area (Å²) in [4.78, 5) is 23.6. The number of benzene rings is 1. The summed E-state index contributed by atoms with van der Waals surface area (Å²) in [6.45, 7) is 2.93. The topological polar surface area (TPSA) is 64.0 Å². The Morgan fingerprint density at radius 1 is 1.20 bits per heavy atom. The van der Waals surface area contributed by atoms with Crippen molar-refractivity contribution in [2.45, 2.75) is 19.9 Å². The van der Waals surface area contributed by atoms with Crippen LogP contribution in [-0.4, -0.2) is 22.2 Å². The largest absolute Gasteiger partial charge is 0.351 e. The minimum atomic E-state index is -0.256. The zero-order valence-corrected chi connectivity index (χ0v) is 11.4. The number of nitrogens with zero attached hydrogens (tertiary/aromatic N) is 2. The highest BCUT2D eigenvalue weighted by Gasteiger charge is 2.08. The number of nitrogens with one attached hydrogen (secondary N) is 1. The van der Waals surface area contributed by atoms with Gasteiger partial charge in [-0.25, -0.2) is 4.68 Å². The van der Waals surface area contributed by atoms with Crippen molar-refractivity contribution in [2.24, 2.45) is 0 Å². The van der Waals surface area contributed by atoms with Crippen molar-refractivity contribution in [3.63, 3.8) is 0 Å². The Bertz CT molecular complexity index is 635. The van der Waals surface area contributed by atoms with E-state index in [-0.39, 0.29) is 17.2 Å². The number of carbonyl (C=O) groups is 1. The van der Waals surface area contributed by atoms with Crippen LogP contribution in [0.15, 0.2) is 47.3 Å². The molecule has 0 saturated carbocycles. The summed E-state index contributed by atoms with van der Waals surface area (Å²) in [5.41, 5.74) is 1.00. The normalized spacial score (nSPS) is 10.2. The van der Waals surface area contributed by atoms with E-state index in [4.69, 9.17) is 0 Å². The number of hydrogen-bond donors (Lipinski definition) is 1. The molecule has 2 rings (SSSR count). The lowest BCUT2D eigenvalue weighted by Gasteiger charge is -2.07. The minimum Gasteiger partial charge on any atom is -0.351 e. The third kappa shape index (κ3) is 3.54. The molecular formula is C15H17N3O2. The molecule has 20 heavy (non-hydrogen) atoms. The monoisotopic (exact) mass is 271 g/mol. The van der Waals surface area contributed by atoms with E-state index in [9.17, 15) is 9.59 Å². The molecule has 1 aromatic carbocycles.